The zero-order chi connectivity index (χ0) is 67.4. The van der Waals surface area contributed by atoms with Crippen molar-refractivity contribution in [2.24, 2.45) is 27.4 Å². The number of nitrogens with one attached hydrogen (secondary N) is 2. The maximum absolute atomic E-state index is 13.8. The van der Waals surface area contributed by atoms with Crippen LogP contribution >= 0.6 is 63.7 Å². The lowest BCUT2D eigenvalue weighted by Gasteiger charge is -2.35. The first-order valence-corrected chi connectivity index (χ1v) is 35.5. The van der Waals surface area contributed by atoms with Crippen molar-refractivity contribution >= 4 is 115 Å². The Morgan fingerprint density at radius 3 is 1.21 bits per heavy atom. The van der Waals surface area contributed by atoms with Gasteiger partial charge < -0.3 is 46.3 Å². The monoisotopic (exact) mass is 1530 g/mol. The van der Waals surface area contributed by atoms with Crippen molar-refractivity contribution in [2.45, 2.75) is 130 Å². The molecule has 0 radical (unpaired) electrons. The van der Waals surface area contributed by atoms with Gasteiger partial charge in [0.05, 0.1) is 40.5 Å². The van der Waals surface area contributed by atoms with Gasteiger partial charge in [0.15, 0.2) is 0 Å². The number of halogens is 7. The first kappa shape index (κ1) is 71.8. The first-order chi connectivity index (χ1) is 45.1. The third-order valence-corrected chi connectivity index (χ3v) is 22.0. The predicted octanol–water partition coefficient (Wildman–Crippen LogP) is 20.7. The number of hydrogen-bond donors (Lipinski definition) is 4. The van der Waals surface area contributed by atoms with Crippen LogP contribution in [-0.2, 0) is 13.1 Å². The molecule has 4 heterocycles. The lowest BCUT2D eigenvalue weighted by atomic mass is 9.93. The van der Waals surface area contributed by atoms with Crippen LogP contribution in [0.15, 0.2) is 103 Å². The van der Waals surface area contributed by atoms with Crippen LogP contribution in [0.2, 0.25) is 0 Å². The summed E-state index contributed by atoms with van der Waals surface area (Å²) in [6.07, 6.45) is 21.6. The predicted molar refractivity (Wildman–Crippen MR) is 390 cm³/mol. The Hall–Kier alpha value is -6.49. The molecule has 13 nitrogen and oxygen atoms in total. The second kappa shape index (κ2) is 32.0. The first-order valence-electron chi connectivity index (χ1n) is 32.4. The minimum absolute atomic E-state index is 0.157. The van der Waals surface area contributed by atoms with Crippen LogP contribution in [0.4, 0.5) is 64.4 Å². The highest BCUT2D eigenvalue weighted by Crippen LogP contribution is 2.57. The minimum Gasteiger partial charge on any atom is -0.496 e. The number of ether oxygens (including phenoxy) is 2. The molecule has 8 aliphatic rings. The normalized spacial score (nSPS) is 18.1. The molecule has 6 N–H and O–H groups in total. The molecule has 0 aromatic heterocycles. The average molecular weight is 1540 g/mol. The molecule has 4 saturated heterocycles. The van der Waals surface area contributed by atoms with Crippen LogP contribution in [0, 0.1) is 79.2 Å². The summed E-state index contributed by atoms with van der Waals surface area (Å²) in [6, 6.07) is 25.5. The Labute approximate surface area is 587 Å². The van der Waals surface area contributed by atoms with Gasteiger partial charge in [0.25, 0.3) is 5.69 Å². The third kappa shape index (κ3) is 18.7. The van der Waals surface area contributed by atoms with Crippen LogP contribution in [-0.4, -0.2) is 66.6 Å². The van der Waals surface area contributed by atoms with Crippen molar-refractivity contribution in [3.05, 3.63) is 188 Å². The van der Waals surface area contributed by atoms with E-state index in [2.05, 4.69) is 134 Å². The van der Waals surface area contributed by atoms with Crippen molar-refractivity contribution in [1.82, 2.24) is 5.32 Å². The number of nitrogens with two attached hydrogens (primary N) is 2. The van der Waals surface area contributed by atoms with Crippen molar-refractivity contribution in [3.63, 3.8) is 0 Å². The summed E-state index contributed by atoms with van der Waals surface area (Å²) < 4.78 is 52.6. The summed E-state index contributed by atoms with van der Waals surface area (Å²) in [6.45, 7) is 42.6. The minimum atomic E-state index is -0.841. The number of nitrogen functional groups attached to an aromatic ring is 1. The maximum Gasteiger partial charge on any atom is 0.256 e. The summed E-state index contributed by atoms with van der Waals surface area (Å²) >= 11 is 13.3. The highest BCUT2D eigenvalue weighted by atomic mass is 79.9. The van der Waals surface area contributed by atoms with Crippen molar-refractivity contribution < 1.29 is 22.6 Å². The number of nitrogens with zero attached hydrogens (tertiary/aromatic N) is 7. The molecule has 0 unspecified atom stereocenters. The highest BCUT2D eigenvalue weighted by Gasteiger charge is 2.47. The molecule has 14 rings (SSSR count). The van der Waals surface area contributed by atoms with Crippen LogP contribution in [0.1, 0.15) is 125 Å². The molecule has 0 bridgehead atoms. The van der Waals surface area contributed by atoms with E-state index >= 15 is 0 Å². The van der Waals surface area contributed by atoms with Gasteiger partial charge in [-0.3, -0.25) is 0 Å². The lowest BCUT2D eigenvalue weighted by Crippen LogP contribution is -2.34. The van der Waals surface area contributed by atoms with Gasteiger partial charge in [-0.05, 0) is 223 Å². The van der Waals surface area contributed by atoms with Gasteiger partial charge in [-0.25, -0.2) is 32.6 Å². The molecule has 4 aliphatic heterocycles. The van der Waals surface area contributed by atoms with E-state index in [-0.39, 0.29) is 5.69 Å². The van der Waals surface area contributed by atoms with Crippen molar-refractivity contribution in [2.75, 3.05) is 92.3 Å². The standard InChI is InChI=1S/C23H26BrN3O.C14H14BrFN2.C14H16BrN3.C9H13NO.C7H2BrF2N.C7H13N/c1-16-4-5-17(21(12-16)28-3)15-26-19-13-18(24)14-20(22(19)25-2)27-10-8-23(6-7-23)9-11-27;2*1-17-13-11(16)8-10(15)9-12(13)18-6-4-14(2-3-14)5-7-18;1-7-3-4-8(6-10)9(5-7)11-2;1-11-7-5(9)2-4(8)3-6(7)10;1-2-7(1)3-5-8-6-4-7/h4-5,12-14,26H,6-11,15H2,1,3H3;8-9H,2-7H2;8-9H,2-7,16H2;3-5H,6,10H2,1-2H3;2-3H;8H,1-6H2. The Morgan fingerprint density at radius 1 is 0.468 bits per heavy atom. The second-order valence-electron chi connectivity index (χ2n) is 26.5. The zero-order valence-electron chi connectivity index (χ0n) is 54.2. The molecule has 6 aromatic rings. The van der Waals surface area contributed by atoms with Crippen LogP contribution < -0.4 is 46.3 Å². The average Bonchev–Trinajstić information content (AvgIpc) is 1.63. The quantitative estimate of drug-likeness (QED) is 0.0828. The number of methoxy groups -OCH3 is 2. The Bertz CT molecular complexity index is 3700. The zero-order valence-corrected chi connectivity index (χ0v) is 60.6. The van der Waals surface area contributed by atoms with Gasteiger partial charge in [-0.15, -0.1) is 0 Å². The SMILES string of the molecule is C1CC2(CCN1)CC2.COc1cc(C)ccc1CN.[C-]#[N+]c1c(F)cc(Br)cc1F.[C-]#[N+]c1c(F)cc(Br)cc1N1CCC2(CC1)CC2.[C-]#[N+]c1c(N)cc(Br)cc1N1CCC2(CC1)CC2.[C-]#[N+]c1c(NCc2ccc(C)cc2OC)cc(Br)cc1N1CCC2(CC1)CC2. The molecular formula is C74H84Br4F3N11O2. The maximum atomic E-state index is 13.8. The Kier molecular flexibility index (Phi) is 24.5. The van der Waals surface area contributed by atoms with Gasteiger partial charge in [0.2, 0.25) is 17.1 Å². The number of hydrogen-bond acceptors (Lipinski definition) is 9. The van der Waals surface area contributed by atoms with Gasteiger partial charge in [-0.1, -0.05) is 88.0 Å². The Balaban J connectivity index is 0.000000139. The van der Waals surface area contributed by atoms with E-state index in [4.69, 9.17) is 47.2 Å². The number of aryl methyl sites for hydroxylation is 2. The summed E-state index contributed by atoms with van der Waals surface area (Å²) in [7, 11) is 3.36. The fraction of sp³-hybridized carbons (Fsp3) is 0.459. The highest BCUT2D eigenvalue weighted by molar-refractivity contribution is 9.11. The fourth-order valence-electron chi connectivity index (χ4n) is 13.1. The number of anilines is 5. The van der Waals surface area contributed by atoms with Gasteiger partial charge in [0, 0.05) is 110 Å². The smallest absolute Gasteiger partial charge is 0.256 e. The van der Waals surface area contributed by atoms with Crippen LogP contribution in [0.3, 0.4) is 0 Å². The molecule has 4 aliphatic carbocycles. The summed E-state index contributed by atoms with van der Waals surface area (Å²) in [5, 5.41) is 6.85. The third-order valence-electron chi connectivity index (χ3n) is 20.1. The molecule has 6 aromatic carbocycles. The fourth-order valence-corrected chi connectivity index (χ4v) is 14.9. The molecule has 0 atom stereocenters. The van der Waals surface area contributed by atoms with E-state index in [1.165, 1.54) is 133 Å². The number of benzene rings is 6. The van der Waals surface area contributed by atoms with Gasteiger partial charge in [-0.2, -0.15) is 0 Å². The van der Waals surface area contributed by atoms with E-state index < -0.39 is 23.1 Å². The number of piperidine rings is 4. The molecular weight excluding hydrogens is 1450 g/mol. The Morgan fingerprint density at radius 2 is 0.819 bits per heavy atom. The van der Waals surface area contributed by atoms with E-state index in [0.29, 0.717) is 55.3 Å². The molecule has 4 spiro atoms. The van der Waals surface area contributed by atoms with Crippen molar-refractivity contribution in [1.29, 1.82) is 0 Å². The van der Waals surface area contributed by atoms with E-state index in [9.17, 15) is 13.2 Å². The molecule has 8 fully saturated rings. The van der Waals surface area contributed by atoms with E-state index in [1.807, 2.05) is 55.5 Å². The molecule has 4 saturated carbocycles. The van der Waals surface area contributed by atoms with E-state index in [1.54, 1.807) is 14.2 Å². The topological polar surface area (TPSA) is 122 Å². The van der Waals surface area contributed by atoms with Crippen LogP contribution in [0.5, 0.6) is 11.5 Å². The molecule has 20 heteroatoms. The van der Waals surface area contributed by atoms with Gasteiger partial charge >= 0.3 is 0 Å². The molecule has 94 heavy (non-hydrogen) atoms. The van der Waals surface area contributed by atoms with E-state index in [0.717, 1.165) is 111 Å². The molecule has 0 amide bonds. The van der Waals surface area contributed by atoms with Gasteiger partial charge in [0.1, 0.15) is 29.0 Å². The number of rotatable bonds is 9. The summed E-state index contributed by atoms with van der Waals surface area (Å²) in [5.41, 5.74) is 23.8. The molecule has 496 valence electrons. The summed E-state index contributed by atoms with van der Waals surface area (Å²) in [4.78, 5) is 20.4. The second-order valence-corrected chi connectivity index (χ2v) is 30.2. The largest absolute Gasteiger partial charge is 0.496 e. The van der Waals surface area contributed by atoms with Crippen molar-refractivity contribution in [3.8, 4) is 11.5 Å². The lowest BCUT2D eigenvalue weighted by molar-refractivity contribution is 0.353. The summed E-state index contributed by atoms with van der Waals surface area (Å²) in [5.74, 6) is -0.356. The van der Waals surface area contributed by atoms with Crippen LogP contribution in [0.25, 0.3) is 19.4 Å².